The van der Waals surface area contributed by atoms with Gasteiger partial charge in [-0.05, 0) is 51.4 Å². The third-order valence-electron chi connectivity index (χ3n) is 5.40. The molecule has 0 heteroatoms. The maximum Gasteiger partial charge on any atom is 0.0368 e. The summed E-state index contributed by atoms with van der Waals surface area (Å²) in [5, 5.41) is 0. The molecule has 0 aliphatic heterocycles. The third kappa shape index (κ3) is 2.48. The lowest BCUT2D eigenvalue weighted by Crippen LogP contribution is -1.96. The molecule has 0 N–H and O–H groups in total. The molecule has 0 unspecified atom stereocenters. The van der Waals surface area contributed by atoms with Gasteiger partial charge in [0, 0.05) is 11.1 Å². The molecule has 1 aliphatic carbocycles. The Balaban J connectivity index is 1.89. The van der Waals surface area contributed by atoms with Crippen LogP contribution in [0.25, 0.3) is 33.4 Å². The summed E-state index contributed by atoms with van der Waals surface area (Å²) < 4.78 is 0. The first-order valence-electron chi connectivity index (χ1n) is 9.22. The number of hydrogen-bond donors (Lipinski definition) is 0. The number of rotatable bonds is 2. The van der Waals surface area contributed by atoms with Crippen LogP contribution in [-0.4, -0.2) is 0 Å². The van der Waals surface area contributed by atoms with Gasteiger partial charge in [-0.15, -0.1) is 6.42 Å². The van der Waals surface area contributed by atoms with E-state index < -0.39 is 0 Å². The van der Waals surface area contributed by atoms with Crippen molar-refractivity contribution in [3.63, 3.8) is 0 Å². The van der Waals surface area contributed by atoms with Gasteiger partial charge in [-0.3, -0.25) is 0 Å². The van der Waals surface area contributed by atoms with E-state index in [0.29, 0.717) is 0 Å². The fourth-order valence-electron chi connectivity index (χ4n) is 4.18. The van der Waals surface area contributed by atoms with Crippen LogP contribution in [0.3, 0.4) is 0 Å². The molecular formula is C27H18. The average Bonchev–Trinajstić information content (AvgIpc) is 3.12. The third-order valence-corrected chi connectivity index (χ3v) is 5.40. The molecule has 0 nitrogen and oxygen atoms in total. The second-order valence-corrected chi connectivity index (χ2v) is 6.91. The quantitative estimate of drug-likeness (QED) is 0.318. The Hall–Kier alpha value is -3.56. The van der Waals surface area contributed by atoms with E-state index in [1.165, 1.54) is 38.9 Å². The summed E-state index contributed by atoms with van der Waals surface area (Å²) in [5.41, 5.74) is 11.0. The number of fused-ring (bicyclic) bond motifs is 3. The fourth-order valence-corrected chi connectivity index (χ4v) is 4.18. The Morgan fingerprint density at radius 1 is 0.630 bits per heavy atom. The first-order chi connectivity index (χ1) is 13.4. The number of benzene rings is 4. The summed E-state index contributed by atoms with van der Waals surface area (Å²) in [5.74, 6) is 3.04. The molecule has 4 aromatic rings. The molecule has 0 saturated carbocycles. The van der Waals surface area contributed by atoms with Gasteiger partial charge in [0.05, 0.1) is 0 Å². The molecule has 0 heterocycles. The Bertz CT molecular complexity index is 1180. The van der Waals surface area contributed by atoms with E-state index in [0.717, 1.165) is 17.5 Å². The van der Waals surface area contributed by atoms with Gasteiger partial charge >= 0.3 is 0 Å². The molecule has 0 saturated heterocycles. The largest absolute Gasteiger partial charge is 0.115 e. The van der Waals surface area contributed by atoms with Crippen molar-refractivity contribution in [3.05, 3.63) is 108 Å². The summed E-state index contributed by atoms with van der Waals surface area (Å²) in [7, 11) is 0. The van der Waals surface area contributed by atoms with Crippen molar-refractivity contribution in [1.29, 1.82) is 0 Å². The lowest BCUT2D eigenvalue weighted by Gasteiger charge is -2.17. The summed E-state index contributed by atoms with van der Waals surface area (Å²) in [6, 6.07) is 32.0. The highest BCUT2D eigenvalue weighted by molar-refractivity contribution is 5.95. The minimum atomic E-state index is 0.903. The summed E-state index contributed by atoms with van der Waals surface area (Å²) in [6.07, 6.45) is 7.00. The van der Waals surface area contributed by atoms with Gasteiger partial charge in [-0.1, -0.05) is 90.8 Å². The van der Waals surface area contributed by atoms with Crippen molar-refractivity contribution in [2.24, 2.45) is 0 Å². The molecule has 0 amide bonds. The molecule has 1 aliphatic rings. The van der Waals surface area contributed by atoms with Gasteiger partial charge in [0.1, 0.15) is 0 Å². The first-order valence-corrected chi connectivity index (χ1v) is 9.22. The van der Waals surface area contributed by atoms with Crippen LogP contribution in [0, 0.1) is 12.3 Å². The van der Waals surface area contributed by atoms with Crippen LogP contribution in [0.4, 0.5) is 0 Å². The van der Waals surface area contributed by atoms with Crippen LogP contribution < -0.4 is 0 Å². The van der Waals surface area contributed by atoms with Crippen molar-refractivity contribution < 1.29 is 0 Å². The maximum absolute atomic E-state index is 6.09. The first kappa shape index (κ1) is 15.7. The van der Waals surface area contributed by atoms with Gasteiger partial charge in [0.25, 0.3) is 0 Å². The van der Waals surface area contributed by atoms with Crippen molar-refractivity contribution in [2.45, 2.75) is 6.42 Å². The Morgan fingerprint density at radius 2 is 1.26 bits per heavy atom. The number of terminal acetylenes is 1. The zero-order chi connectivity index (χ0) is 18.2. The molecule has 0 aromatic heterocycles. The van der Waals surface area contributed by atoms with Crippen LogP contribution in [-0.2, 0) is 6.42 Å². The van der Waals surface area contributed by atoms with Crippen molar-refractivity contribution in [2.75, 3.05) is 0 Å². The minimum absolute atomic E-state index is 0.903. The van der Waals surface area contributed by atoms with Crippen molar-refractivity contribution >= 4 is 0 Å². The molecule has 0 bridgehead atoms. The highest BCUT2D eigenvalue weighted by Crippen LogP contribution is 2.46. The van der Waals surface area contributed by atoms with E-state index in [1.54, 1.807) is 0 Å². The van der Waals surface area contributed by atoms with E-state index in [4.69, 9.17) is 6.42 Å². The molecule has 4 aromatic carbocycles. The molecule has 0 radical (unpaired) electrons. The van der Waals surface area contributed by atoms with Gasteiger partial charge in [-0.2, -0.15) is 0 Å². The van der Waals surface area contributed by atoms with Crippen LogP contribution in [0.1, 0.15) is 16.7 Å². The highest BCUT2D eigenvalue weighted by Gasteiger charge is 2.25. The van der Waals surface area contributed by atoms with Gasteiger partial charge < -0.3 is 0 Å². The van der Waals surface area contributed by atoms with Gasteiger partial charge in [0.15, 0.2) is 0 Å². The molecule has 0 spiro atoms. The average molecular weight is 342 g/mol. The summed E-state index contributed by atoms with van der Waals surface area (Å²) >= 11 is 0. The van der Waals surface area contributed by atoms with Crippen LogP contribution >= 0.6 is 0 Å². The fraction of sp³-hybridized carbons (Fsp3) is 0.0370. The Morgan fingerprint density at radius 3 is 1.96 bits per heavy atom. The zero-order valence-electron chi connectivity index (χ0n) is 14.9. The molecule has 0 atom stereocenters. The maximum atomic E-state index is 6.09. The van der Waals surface area contributed by atoms with Gasteiger partial charge in [0.2, 0.25) is 0 Å². The molecule has 0 fully saturated rings. The molecular weight excluding hydrogens is 324 g/mol. The lowest BCUT2D eigenvalue weighted by atomic mass is 9.85. The zero-order valence-corrected chi connectivity index (χ0v) is 14.9. The summed E-state index contributed by atoms with van der Waals surface area (Å²) in [6.45, 7) is 0. The Kier molecular flexibility index (Phi) is 3.66. The number of hydrogen-bond acceptors (Lipinski definition) is 0. The minimum Gasteiger partial charge on any atom is -0.115 e. The highest BCUT2D eigenvalue weighted by atomic mass is 14.3. The predicted molar refractivity (Wildman–Crippen MR) is 113 cm³/mol. The lowest BCUT2D eigenvalue weighted by molar-refractivity contribution is 1.25. The SMILES string of the molecule is C#Cc1c2c(cc(-c3ccccc3)c1-c1ccccc1)-c1ccccc1C2. The monoisotopic (exact) mass is 342 g/mol. The standard InChI is InChI=1S/C27H18/c1-2-22-25-17-21-15-9-10-16-23(21)26(25)18-24(19-11-5-3-6-12-19)27(22)20-13-7-4-8-14-20/h1,3-16,18H,17H2. The smallest absolute Gasteiger partial charge is 0.0368 e. The van der Waals surface area contributed by atoms with Crippen LogP contribution in [0.2, 0.25) is 0 Å². The van der Waals surface area contributed by atoms with E-state index in [9.17, 15) is 0 Å². The molecule has 126 valence electrons. The Labute approximate surface area is 160 Å². The van der Waals surface area contributed by atoms with Crippen molar-refractivity contribution in [1.82, 2.24) is 0 Å². The summed E-state index contributed by atoms with van der Waals surface area (Å²) in [4.78, 5) is 0. The second-order valence-electron chi connectivity index (χ2n) is 6.91. The van der Waals surface area contributed by atoms with E-state index in [2.05, 4.69) is 90.8 Å². The van der Waals surface area contributed by atoms with E-state index in [-0.39, 0.29) is 0 Å². The topological polar surface area (TPSA) is 0 Å². The predicted octanol–water partition coefficient (Wildman–Crippen LogP) is 6.57. The molecule has 27 heavy (non-hydrogen) atoms. The van der Waals surface area contributed by atoms with Gasteiger partial charge in [-0.25, -0.2) is 0 Å². The van der Waals surface area contributed by atoms with E-state index in [1.807, 2.05) is 6.07 Å². The second kappa shape index (κ2) is 6.31. The van der Waals surface area contributed by atoms with Crippen LogP contribution in [0.5, 0.6) is 0 Å². The van der Waals surface area contributed by atoms with Crippen molar-refractivity contribution in [3.8, 4) is 45.7 Å². The van der Waals surface area contributed by atoms with Crippen LogP contribution in [0.15, 0.2) is 91.0 Å². The molecule has 5 rings (SSSR count). The normalized spacial score (nSPS) is 11.5. The van der Waals surface area contributed by atoms with E-state index >= 15 is 0 Å².